The lowest BCUT2D eigenvalue weighted by molar-refractivity contribution is -0.385. The molecule has 10 aromatic carbocycles. The molecule has 0 spiro atoms. The molecule has 0 unspecified atom stereocenters. The maximum atomic E-state index is 11.5. The van der Waals surface area contributed by atoms with Crippen LogP contribution in [0.15, 0.2) is 273 Å². The fourth-order valence-electron chi connectivity index (χ4n) is 10.5. The van der Waals surface area contributed by atoms with Crippen LogP contribution in [0.1, 0.15) is 66.9 Å². The second-order valence-corrected chi connectivity index (χ2v) is 30.6. The van der Waals surface area contributed by atoms with E-state index in [-0.39, 0.29) is 45.2 Å². The van der Waals surface area contributed by atoms with E-state index in [4.69, 9.17) is 49.2 Å². The van der Waals surface area contributed by atoms with Crippen molar-refractivity contribution in [3.05, 3.63) is 313 Å². The molecule has 0 bridgehead atoms. The summed E-state index contributed by atoms with van der Waals surface area (Å²) in [6.45, 7) is 19.8. The Kier molecular flexibility index (Phi) is 29.9. The summed E-state index contributed by atoms with van der Waals surface area (Å²) < 4.78 is 37.1. The lowest BCUT2D eigenvalue weighted by Crippen LogP contribution is -2.41. The number of rotatable bonds is 11. The zero-order chi connectivity index (χ0) is 78.7. The average Bonchev–Trinajstić information content (AvgIpc) is 1.64. The predicted octanol–water partition coefficient (Wildman–Crippen LogP) is 18.6. The van der Waals surface area contributed by atoms with E-state index in [9.17, 15) is 30.3 Å². The molecule has 108 heavy (non-hydrogen) atoms. The average molecular weight is 1810 g/mol. The van der Waals surface area contributed by atoms with E-state index in [1.807, 2.05) is 210 Å². The Morgan fingerprint density at radius 1 is 0.398 bits per heavy atom. The molecular weight excluding hydrogens is 1730 g/mol. The number of hydrogen-bond donors (Lipinski definition) is 4. The quantitative estimate of drug-likeness (QED) is 0.0307. The minimum atomic E-state index is -1.34. The topological polar surface area (TPSA) is 311 Å². The SMILES string of the molecule is CC1(C)OB(c2ccc(-c3ccccc3)c(N)c2)OC1(C)C.CC1(C)OB(c2ccc(-c3ccccc3)c([N+](=O)[O-])c2)OC1(C)C.Cc1oncc1-c1ccc(-c2ccccc2)c(N)c1.Cc1oncc1I.O=[N+]([O-])c1cc(Br)ccc1-c1ccccc1.O=[N+]([O-])c1cc(Br)ccc1I.OB(O)c1ccccc1. The molecule has 28 heteroatoms. The molecule has 2 aromatic heterocycles. The fourth-order valence-corrected chi connectivity index (χ4v) is 12.0. The van der Waals surface area contributed by atoms with Gasteiger partial charge in [-0.2, -0.15) is 0 Å². The van der Waals surface area contributed by atoms with Gasteiger partial charge in [-0.3, -0.25) is 30.3 Å². The number of nitrogens with zero attached hydrogens (tertiary/aromatic N) is 5. The van der Waals surface area contributed by atoms with Gasteiger partial charge in [-0.25, -0.2) is 0 Å². The monoisotopic (exact) mass is 1810 g/mol. The largest absolute Gasteiger partial charge is 0.495 e. The van der Waals surface area contributed by atoms with Gasteiger partial charge in [-0.1, -0.05) is 224 Å². The molecule has 2 fully saturated rings. The van der Waals surface area contributed by atoms with Crippen molar-refractivity contribution in [3.8, 4) is 55.6 Å². The third kappa shape index (κ3) is 22.7. The standard InChI is InChI=1S/C18H20BNO4.C18H22BNO2.C16H14N2O.C12H8BrNO2.C6H7BO2.C6H3BrINO2.C4H4INO/c1-17(2)18(3,4)24-19(23-17)14-10-11-15(16(12-14)20(21)22)13-8-6-5-7-9-13;1-17(2)18(3,4)22-19(21-17)14-10-11-15(16(20)12-14)13-8-6-5-7-9-13;1-11-15(10-18-19-11)13-7-8-14(16(17)9-13)12-5-3-2-4-6-12;13-10-6-7-11(12(8-10)14(15)16)9-4-2-1-3-5-9;8-7(9)6-4-2-1-3-5-6;7-4-1-2-5(8)6(3-4)9(10)11;1-3-4(5)2-6-7-3/h5-12H,1-4H3;5-12H,20H2,1-4H3;2-10H,17H2,1H3;1-8H;1-5,8-9H;1-3H;2H,1H3. The zero-order valence-electron chi connectivity index (χ0n) is 60.7. The van der Waals surface area contributed by atoms with Crippen molar-refractivity contribution in [2.45, 2.75) is 91.6 Å². The molecule has 2 aliphatic heterocycles. The Labute approximate surface area is 672 Å². The summed E-state index contributed by atoms with van der Waals surface area (Å²) in [5, 5.41) is 57.3. The van der Waals surface area contributed by atoms with Crippen LogP contribution < -0.4 is 27.9 Å². The van der Waals surface area contributed by atoms with Crippen molar-refractivity contribution in [2.24, 2.45) is 0 Å². The van der Waals surface area contributed by atoms with Crippen LogP contribution in [-0.4, -0.2) is 78.9 Å². The van der Waals surface area contributed by atoms with Gasteiger partial charge in [-0.05, 0) is 201 Å². The zero-order valence-corrected chi connectivity index (χ0v) is 68.2. The van der Waals surface area contributed by atoms with Crippen LogP contribution in [-0.2, 0) is 18.6 Å². The normalized spacial score (nSPS) is 13.8. The minimum absolute atomic E-state index is 0.0495. The molecule has 0 radical (unpaired) electrons. The van der Waals surface area contributed by atoms with Crippen LogP contribution in [0.2, 0.25) is 0 Å². The van der Waals surface area contributed by atoms with Gasteiger partial charge in [0.1, 0.15) is 11.5 Å². The highest BCUT2D eigenvalue weighted by Gasteiger charge is 2.53. The van der Waals surface area contributed by atoms with Crippen LogP contribution in [0, 0.1) is 51.3 Å². The third-order valence-electron chi connectivity index (χ3n) is 17.8. The van der Waals surface area contributed by atoms with Crippen molar-refractivity contribution in [1.29, 1.82) is 0 Å². The lowest BCUT2D eigenvalue weighted by atomic mass is 9.78. The van der Waals surface area contributed by atoms with E-state index in [1.165, 1.54) is 12.1 Å². The summed E-state index contributed by atoms with van der Waals surface area (Å²) in [5.41, 5.74) is 23.9. The minimum Gasteiger partial charge on any atom is -0.423 e. The molecule has 2 saturated heterocycles. The van der Waals surface area contributed by atoms with E-state index in [2.05, 4.69) is 117 Å². The lowest BCUT2D eigenvalue weighted by Gasteiger charge is -2.32. The first-order chi connectivity index (χ1) is 51.2. The van der Waals surface area contributed by atoms with Gasteiger partial charge in [-0.15, -0.1) is 0 Å². The van der Waals surface area contributed by atoms with Crippen LogP contribution >= 0.6 is 77.0 Å². The molecular formula is C80H78B3Br2I2N7O14. The summed E-state index contributed by atoms with van der Waals surface area (Å²) in [6, 6.07) is 74.7. The Hall–Kier alpha value is -9.21. The van der Waals surface area contributed by atoms with Crippen molar-refractivity contribution in [1.82, 2.24) is 10.3 Å². The first kappa shape index (κ1) is 84.4. The van der Waals surface area contributed by atoms with Crippen LogP contribution in [0.25, 0.3) is 55.6 Å². The molecule has 21 nitrogen and oxygen atoms in total. The van der Waals surface area contributed by atoms with Gasteiger partial charge in [0.05, 0.1) is 67.8 Å². The van der Waals surface area contributed by atoms with Crippen molar-refractivity contribution < 1.29 is 52.5 Å². The van der Waals surface area contributed by atoms with E-state index < -0.39 is 30.4 Å². The van der Waals surface area contributed by atoms with E-state index in [1.54, 1.807) is 73.1 Å². The van der Waals surface area contributed by atoms with Crippen LogP contribution in [0.5, 0.6) is 0 Å². The summed E-state index contributed by atoms with van der Waals surface area (Å²) in [4.78, 5) is 31.7. The number of nitro benzene ring substituents is 3. The molecule has 0 amide bonds. The van der Waals surface area contributed by atoms with Crippen molar-refractivity contribution in [3.63, 3.8) is 0 Å². The first-order valence-corrected chi connectivity index (χ1v) is 37.3. The van der Waals surface area contributed by atoms with Gasteiger partial charge in [0.25, 0.3) is 17.1 Å². The number of halogens is 4. The maximum absolute atomic E-state index is 11.5. The highest BCUT2D eigenvalue weighted by Crippen LogP contribution is 2.40. The Morgan fingerprint density at radius 2 is 0.741 bits per heavy atom. The van der Waals surface area contributed by atoms with E-state index >= 15 is 0 Å². The molecule has 4 heterocycles. The van der Waals surface area contributed by atoms with Gasteiger partial charge in [0.2, 0.25) is 0 Å². The maximum Gasteiger partial charge on any atom is 0.495 e. The Bertz CT molecular complexity index is 4950. The second kappa shape index (κ2) is 38.2. The van der Waals surface area contributed by atoms with Crippen molar-refractivity contribution in [2.75, 3.05) is 11.5 Å². The molecule has 12 aromatic rings. The number of nitrogens with two attached hydrogens (primary N) is 2. The number of benzene rings is 10. The van der Waals surface area contributed by atoms with Gasteiger partial charge < -0.3 is 49.2 Å². The Balaban J connectivity index is 0.000000164. The Morgan fingerprint density at radius 3 is 1.08 bits per heavy atom. The number of aromatic nitrogens is 2. The first-order valence-electron chi connectivity index (χ1n) is 33.6. The highest BCUT2D eigenvalue weighted by molar-refractivity contribution is 14.1. The molecule has 0 saturated carbocycles. The summed E-state index contributed by atoms with van der Waals surface area (Å²) in [7, 11) is -2.33. The predicted molar refractivity (Wildman–Crippen MR) is 453 cm³/mol. The molecule has 2 aliphatic rings. The van der Waals surface area contributed by atoms with E-state index in [0.717, 1.165) is 80.9 Å². The van der Waals surface area contributed by atoms with Crippen LogP contribution in [0.4, 0.5) is 28.4 Å². The summed E-state index contributed by atoms with van der Waals surface area (Å²) in [5.74, 6) is 1.69. The molecule has 14 rings (SSSR count). The number of nitro groups is 3. The number of aryl methyl sites for hydroxylation is 2. The third-order valence-corrected chi connectivity index (χ3v) is 20.8. The smallest absolute Gasteiger partial charge is 0.423 e. The number of hydrogen-bond acceptors (Lipinski definition) is 18. The number of anilines is 2. The molecule has 6 N–H and O–H groups in total. The van der Waals surface area contributed by atoms with Crippen LogP contribution in [0.3, 0.4) is 0 Å². The molecule has 0 atom stereocenters. The van der Waals surface area contributed by atoms with E-state index in [0.29, 0.717) is 30.1 Å². The second-order valence-electron chi connectivity index (χ2n) is 26.4. The molecule has 0 aliphatic carbocycles. The summed E-state index contributed by atoms with van der Waals surface area (Å²) in [6.07, 6.45) is 3.40. The van der Waals surface area contributed by atoms with Crippen molar-refractivity contribution >= 4 is 143 Å². The molecule has 554 valence electrons. The fraction of sp³-hybridized carbons (Fsp3) is 0.175. The van der Waals surface area contributed by atoms with Gasteiger partial charge in [0.15, 0.2) is 0 Å². The van der Waals surface area contributed by atoms with Gasteiger partial charge >= 0.3 is 21.4 Å². The number of nitrogen functional groups attached to an aromatic ring is 2. The summed E-state index contributed by atoms with van der Waals surface area (Å²) >= 11 is 10.5. The van der Waals surface area contributed by atoms with Gasteiger partial charge in [0, 0.05) is 55.2 Å². The highest BCUT2D eigenvalue weighted by atomic mass is 127.